The number of nitrogens with one attached hydrogen (secondary N) is 1. The summed E-state index contributed by atoms with van der Waals surface area (Å²) in [6.07, 6.45) is 7.72. The summed E-state index contributed by atoms with van der Waals surface area (Å²) in [6, 6.07) is 7.34. The molecular formula is C17H22N4OS. The Hall–Kier alpha value is -1.82. The number of primary amides is 1. The lowest BCUT2D eigenvalue weighted by atomic mass is 10.0. The van der Waals surface area contributed by atoms with E-state index < -0.39 is 5.91 Å². The number of aryl methyl sites for hydroxylation is 1. The molecule has 5 nitrogen and oxygen atoms in total. The van der Waals surface area contributed by atoms with E-state index in [-0.39, 0.29) is 0 Å². The predicted octanol–water partition coefficient (Wildman–Crippen LogP) is 3.32. The number of nitrogens with zero attached hydrogens (tertiary/aromatic N) is 2. The molecule has 0 bridgehead atoms. The minimum absolute atomic E-state index is 0.398. The van der Waals surface area contributed by atoms with Crippen LogP contribution >= 0.6 is 11.8 Å². The highest BCUT2D eigenvalue weighted by Gasteiger charge is 2.15. The zero-order valence-corrected chi connectivity index (χ0v) is 13.9. The summed E-state index contributed by atoms with van der Waals surface area (Å²) >= 11 is 1.60. The fourth-order valence-electron chi connectivity index (χ4n) is 3.01. The van der Waals surface area contributed by atoms with Gasteiger partial charge in [0.25, 0.3) is 0 Å². The molecule has 0 radical (unpaired) electrons. The van der Waals surface area contributed by atoms with Gasteiger partial charge in [0.15, 0.2) is 0 Å². The van der Waals surface area contributed by atoms with Gasteiger partial charge < -0.3 is 5.73 Å². The summed E-state index contributed by atoms with van der Waals surface area (Å²) in [4.78, 5) is 15.6. The smallest absolute Gasteiger partial charge is 0.248 e. The number of aromatic amines is 1. The first kappa shape index (κ1) is 16.1. The SMILES string of the molecule is NC(=O)c1ccc(CSc2n[nH]c(CCC3CCCC3)n2)cc1. The van der Waals surface area contributed by atoms with Gasteiger partial charge in [0.1, 0.15) is 5.82 Å². The average Bonchev–Trinajstić information content (AvgIpc) is 3.23. The molecule has 0 atom stereocenters. The van der Waals surface area contributed by atoms with Crippen LogP contribution in [0.2, 0.25) is 0 Å². The van der Waals surface area contributed by atoms with Crippen LogP contribution in [0.25, 0.3) is 0 Å². The fraction of sp³-hybridized carbons (Fsp3) is 0.471. The van der Waals surface area contributed by atoms with E-state index >= 15 is 0 Å². The van der Waals surface area contributed by atoms with Gasteiger partial charge in [0.05, 0.1) is 0 Å². The number of hydrogen-bond acceptors (Lipinski definition) is 4. The lowest BCUT2D eigenvalue weighted by Crippen LogP contribution is -2.10. The number of aromatic nitrogens is 3. The molecule has 23 heavy (non-hydrogen) atoms. The van der Waals surface area contributed by atoms with Gasteiger partial charge in [-0.1, -0.05) is 49.6 Å². The van der Waals surface area contributed by atoms with Crippen LogP contribution in [-0.2, 0) is 12.2 Å². The van der Waals surface area contributed by atoms with E-state index in [0.717, 1.165) is 34.6 Å². The summed E-state index contributed by atoms with van der Waals surface area (Å²) in [7, 11) is 0. The maximum atomic E-state index is 11.0. The van der Waals surface area contributed by atoms with Crippen LogP contribution in [0.1, 0.15) is 53.8 Å². The molecule has 2 aromatic rings. The Bertz CT molecular complexity index is 647. The maximum absolute atomic E-state index is 11.0. The first-order chi connectivity index (χ1) is 11.2. The molecule has 1 heterocycles. The normalized spacial score (nSPS) is 15.1. The second-order valence-corrected chi connectivity index (χ2v) is 7.05. The van der Waals surface area contributed by atoms with Crippen molar-refractivity contribution in [2.45, 2.75) is 49.4 Å². The number of nitrogens with two attached hydrogens (primary N) is 1. The number of H-pyrrole nitrogens is 1. The monoisotopic (exact) mass is 330 g/mol. The molecule has 0 spiro atoms. The van der Waals surface area contributed by atoms with Gasteiger partial charge in [-0.25, -0.2) is 4.98 Å². The van der Waals surface area contributed by atoms with Gasteiger partial charge in [0.2, 0.25) is 11.1 Å². The molecule has 3 rings (SSSR count). The van der Waals surface area contributed by atoms with Crippen molar-refractivity contribution in [3.63, 3.8) is 0 Å². The van der Waals surface area contributed by atoms with Gasteiger partial charge in [-0.15, -0.1) is 5.10 Å². The first-order valence-corrected chi connectivity index (χ1v) is 9.12. The van der Waals surface area contributed by atoms with E-state index in [0.29, 0.717) is 5.56 Å². The molecule has 1 saturated carbocycles. The van der Waals surface area contributed by atoms with Gasteiger partial charge in [-0.2, -0.15) is 0 Å². The molecule has 1 fully saturated rings. The molecule has 1 aliphatic rings. The molecule has 3 N–H and O–H groups in total. The van der Waals surface area contributed by atoms with Crippen molar-refractivity contribution < 1.29 is 4.79 Å². The van der Waals surface area contributed by atoms with E-state index in [9.17, 15) is 4.79 Å². The van der Waals surface area contributed by atoms with Crippen molar-refractivity contribution in [2.75, 3.05) is 0 Å². The van der Waals surface area contributed by atoms with Crippen molar-refractivity contribution in [1.82, 2.24) is 15.2 Å². The van der Waals surface area contributed by atoms with Crippen molar-refractivity contribution in [3.05, 3.63) is 41.2 Å². The zero-order chi connectivity index (χ0) is 16.1. The Labute approximate surface area is 140 Å². The topological polar surface area (TPSA) is 84.7 Å². The van der Waals surface area contributed by atoms with Gasteiger partial charge >= 0.3 is 0 Å². The lowest BCUT2D eigenvalue weighted by molar-refractivity contribution is 0.100. The molecule has 0 aliphatic heterocycles. The number of carbonyl (C=O) groups excluding carboxylic acids is 1. The van der Waals surface area contributed by atoms with E-state index in [1.54, 1.807) is 23.9 Å². The van der Waals surface area contributed by atoms with Gasteiger partial charge in [-0.05, 0) is 30.0 Å². The summed E-state index contributed by atoms with van der Waals surface area (Å²) in [5, 5.41) is 8.10. The minimum atomic E-state index is -0.398. The second-order valence-electron chi connectivity index (χ2n) is 6.10. The summed E-state index contributed by atoms with van der Waals surface area (Å²) in [5.41, 5.74) is 6.89. The van der Waals surface area contributed by atoms with E-state index in [1.165, 1.54) is 32.1 Å². The number of carbonyl (C=O) groups is 1. The Balaban J connectivity index is 1.47. The molecule has 0 saturated heterocycles. The third-order valence-corrected chi connectivity index (χ3v) is 5.30. The zero-order valence-electron chi connectivity index (χ0n) is 13.1. The number of benzene rings is 1. The Morgan fingerprint density at radius 3 is 2.70 bits per heavy atom. The summed E-state index contributed by atoms with van der Waals surface area (Å²) in [6.45, 7) is 0. The third-order valence-electron chi connectivity index (χ3n) is 4.38. The van der Waals surface area contributed by atoms with E-state index in [1.807, 2.05) is 12.1 Å². The van der Waals surface area contributed by atoms with Crippen molar-refractivity contribution >= 4 is 17.7 Å². The van der Waals surface area contributed by atoms with Gasteiger partial charge in [0, 0.05) is 17.7 Å². The van der Waals surface area contributed by atoms with Crippen LogP contribution in [0.15, 0.2) is 29.4 Å². The molecular weight excluding hydrogens is 308 g/mol. The molecule has 6 heteroatoms. The number of rotatable bonds is 7. The quantitative estimate of drug-likeness (QED) is 0.763. The van der Waals surface area contributed by atoms with E-state index in [2.05, 4.69) is 15.2 Å². The van der Waals surface area contributed by atoms with Crippen LogP contribution in [-0.4, -0.2) is 21.1 Å². The molecule has 1 aliphatic carbocycles. The molecule has 0 unspecified atom stereocenters. The fourth-order valence-corrected chi connectivity index (χ4v) is 3.78. The number of hydrogen-bond donors (Lipinski definition) is 2. The molecule has 1 aromatic carbocycles. The van der Waals surface area contributed by atoms with Crippen LogP contribution in [0.4, 0.5) is 0 Å². The van der Waals surface area contributed by atoms with Gasteiger partial charge in [-0.3, -0.25) is 9.89 Å². The van der Waals surface area contributed by atoms with E-state index in [4.69, 9.17) is 5.73 Å². The first-order valence-electron chi connectivity index (χ1n) is 8.13. The summed E-state index contributed by atoms with van der Waals surface area (Å²) in [5.74, 6) is 2.24. The number of thioether (sulfide) groups is 1. The highest BCUT2D eigenvalue weighted by Crippen LogP contribution is 2.28. The highest BCUT2D eigenvalue weighted by molar-refractivity contribution is 7.98. The van der Waals surface area contributed by atoms with Crippen LogP contribution in [0, 0.1) is 5.92 Å². The third kappa shape index (κ3) is 4.58. The molecule has 1 aromatic heterocycles. The standard InChI is InChI=1S/C17H22N4OS/c18-16(22)14-8-5-13(6-9-14)11-23-17-19-15(20-21-17)10-7-12-3-1-2-4-12/h5-6,8-9,12H,1-4,7,10-11H2,(H2,18,22)(H,19,20,21). The maximum Gasteiger partial charge on any atom is 0.248 e. The lowest BCUT2D eigenvalue weighted by Gasteiger charge is -2.05. The largest absolute Gasteiger partial charge is 0.366 e. The highest BCUT2D eigenvalue weighted by atomic mass is 32.2. The minimum Gasteiger partial charge on any atom is -0.366 e. The summed E-state index contributed by atoms with van der Waals surface area (Å²) < 4.78 is 0. The molecule has 122 valence electrons. The Kier molecular flexibility index (Phi) is 5.33. The van der Waals surface area contributed by atoms with Crippen molar-refractivity contribution in [3.8, 4) is 0 Å². The predicted molar refractivity (Wildman–Crippen MR) is 91.2 cm³/mol. The van der Waals surface area contributed by atoms with Crippen molar-refractivity contribution in [1.29, 1.82) is 0 Å². The van der Waals surface area contributed by atoms with Crippen LogP contribution < -0.4 is 5.73 Å². The van der Waals surface area contributed by atoms with Crippen LogP contribution in [0.5, 0.6) is 0 Å². The second kappa shape index (κ2) is 7.64. The molecule has 1 amide bonds. The Morgan fingerprint density at radius 2 is 2.00 bits per heavy atom. The van der Waals surface area contributed by atoms with Crippen molar-refractivity contribution in [2.24, 2.45) is 11.7 Å². The Morgan fingerprint density at radius 1 is 1.26 bits per heavy atom. The number of amides is 1. The van der Waals surface area contributed by atoms with Crippen LogP contribution in [0.3, 0.4) is 0 Å². The average molecular weight is 330 g/mol.